The van der Waals surface area contributed by atoms with Crippen LogP contribution in [0.25, 0.3) is 22.4 Å². The number of aromatic nitrogens is 3. The van der Waals surface area contributed by atoms with Gasteiger partial charge in [-0.25, -0.2) is 4.99 Å². The van der Waals surface area contributed by atoms with Crippen LogP contribution in [0.15, 0.2) is 41.7 Å². The van der Waals surface area contributed by atoms with E-state index in [0.29, 0.717) is 11.0 Å². The molecule has 1 saturated carbocycles. The summed E-state index contributed by atoms with van der Waals surface area (Å²) in [5.41, 5.74) is 8.54. The van der Waals surface area contributed by atoms with Crippen molar-refractivity contribution in [1.82, 2.24) is 14.8 Å². The van der Waals surface area contributed by atoms with E-state index in [-0.39, 0.29) is 5.91 Å². The number of aryl methyl sites for hydroxylation is 2. The lowest BCUT2D eigenvalue weighted by molar-refractivity contribution is 0.101. The first kappa shape index (κ1) is 18.7. The highest BCUT2D eigenvalue weighted by atomic mass is 16.1. The second kappa shape index (κ2) is 6.98. The number of fused-ring (bicyclic) bond motifs is 2. The van der Waals surface area contributed by atoms with Gasteiger partial charge >= 0.3 is 0 Å². The standard InChI is InChI=1S/C26H26N4O/c1-26(9-2-3-10-26)16-30-15-20(14-28-30)21-11-17-5-4-6-23(17)29-24(21)18-7-8-19-13-27-25(31)22(19)12-18/h7-8,11-15H,2-6,9-10,16H2,1H3. The molecule has 2 aliphatic carbocycles. The van der Waals surface area contributed by atoms with Crippen LogP contribution >= 0.6 is 0 Å². The summed E-state index contributed by atoms with van der Waals surface area (Å²) in [7, 11) is 0. The zero-order valence-electron chi connectivity index (χ0n) is 17.9. The molecule has 2 aromatic heterocycles. The third-order valence-corrected chi connectivity index (χ3v) is 7.23. The third kappa shape index (κ3) is 3.23. The lowest BCUT2D eigenvalue weighted by Gasteiger charge is -2.23. The summed E-state index contributed by atoms with van der Waals surface area (Å²) in [6, 6.07) is 8.28. The van der Waals surface area contributed by atoms with Crippen molar-refractivity contribution in [3.8, 4) is 22.4 Å². The van der Waals surface area contributed by atoms with Gasteiger partial charge < -0.3 is 0 Å². The van der Waals surface area contributed by atoms with Gasteiger partial charge in [0.1, 0.15) is 0 Å². The first-order valence-corrected chi connectivity index (χ1v) is 11.4. The Morgan fingerprint density at radius 2 is 1.90 bits per heavy atom. The number of pyridine rings is 1. The highest BCUT2D eigenvalue weighted by Crippen LogP contribution is 2.40. The molecule has 31 heavy (non-hydrogen) atoms. The van der Waals surface area contributed by atoms with Gasteiger partial charge in [0.15, 0.2) is 0 Å². The van der Waals surface area contributed by atoms with Crippen LogP contribution in [0.5, 0.6) is 0 Å². The summed E-state index contributed by atoms with van der Waals surface area (Å²) in [6.45, 7) is 3.35. The number of hydrogen-bond acceptors (Lipinski definition) is 3. The summed E-state index contributed by atoms with van der Waals surface area (Å²) in [4.78, 5) is 21.2. The second-order valence-electron chi connectivity index (χ2n) is 9.65. The summed E-state index contributed by atoms with van der Waals surface area (Å²) in [6.07, 6.45) is 14.2. The molecule has 1 amide bonds. The van der Waals surface area contributed by atoms with Crippen molar-refractivity contribution in [2.45, 2.75) is 58.4 Å². The number of amides is 1. The van der Waals surface area contributed by atoms with Crippen LogP contribution < -0.4 is 0 Å². The van der Waals surface area contributed by atoms with E-state index in [2.05, 4.69) is 34.9 Å². The zero-order valence-corrected chi connectivity index (χ0v) is 17.9. The number of carbonyl (C=O) groups excluding carboxylic acids is 1. The molecule has 3 aromatic rings. The minimum Gasteiger partial charge on any atom is -0.272 e. The molecular formula is C26H26N4O. The van der Waals surface area contributed by atoms with Crippen molar-refractivity contribution in [3.05, 3.63) is 59.0 Å². The normalized spacial score (nSPS) is 18.5. The molecule has 0 spiro atoms. The minimum absolute atomic E-state index is 0.169. The number of rotatable bonds is 4. The molecule has 5 nitrogen and oxygen atoms in total. The Morgan fingerprint density at radius 3 is 2.77 bits per heavy atom. The number of nitrogens with zero attached hydrogens (tertiary/aromatic N) is 4. The Hall–Kier alpha value is -3.08. The van der Waals surface area contributed by atoms with Gasteiger partial charge in [0.25, 0.3) is 5.91 Å². The Balaban J connectivity index is 1.43. The molecule has 1 aliphatic heterocycles. The maximum atomic E-state index is 12.2. The first-order valence-electron chi connectivity index (χ1n) is 11.4. The fourth-order valence-corrected chi connectivity index (χ4v) is 5.48. The van der Waals surface area contributed by atoms with Crippen molar-refractivity contribution in [3.63, 3.8) is 0 Å². The molecule has 1 aromatic carbocycles. The number of benzene rings is 1. The first-order chi connectivity index (χ1) is 15.1. The molecule has 6 rings (SSSR count). The molecule has 1 fully saturated rings. The number of aliphatic imine (C=N–C) groups is 1. The predicted molar refractivity (Wildman–Crippen MR) is 121 cm³/mol. The zero-order chi connectivity index (χ0) is 21.0. The van der Waals surface area contributed by atoms with Crippen molar-refractivity contribution in [2.75, 3.05) is 0 Å². The molecule has 0 atom stereocenters. The average molecular weight is 411 g/mol. The van der Waals surface area contributed by atoms with E-state index < -0.39 is 0 Å². The lowest BCUT2D eigenvalue weighted by Crippen LogP contribution is -2.19. The van der Waals surface area contributed by atoms with E-state index in [1.807, 2.05) is 18.3 Å². The van der Waals surface area contributed by atoms with E-state index in [4.69, 9.17) is 10.1 Å². The van der Waals surface area contributed by atoms with Crippen molar-refractivity contribution in [2.24, 2.45) is 10.4 Å². The molecule has 156 valence electrons. The summed E-state index contributed by atoms with van der Waals surface area (Å²) in [5.74, 6) is -0.169. The van der Waals surface area contributed by atoms with Crippen LogP contribution in [-0.2, 0) is 19.4 Å². The van der Waals surface area contributed by atoms with Crippen LogP contribution in [0.3, 0.4) is 0 Å². The molecule has 0 saturated heterocycles. The molecule has 5 heteroatoms. The third-order valence-electron chi connectivity index (χ3n) is 7.23. The van der Waals surface area contributed by atoms with Crippen molar-refractivity contribution in [1.29, 1.82) is 0 Å². The molecular weight excluding hydrogens is 384 g/mol. The van der Waals surface area contributed by atoms with Gasteiger partial charge in [-0.1, -0.05) is 31.9 Å². The quantitative estimate of drug-likeness (QED) is 0.590. The average Bonchev–Trinajstić information content (AvgIpc) is 3.55. The summed E-state index contributed by atoms with van der Waals surface area (Å²) in [5, 5.41) is 4.71. The Morgan fingerprint density at radius 1 is 1.03 bits per heavy atom. The smallest absolute Gasteiger partial charge is 0.272 e. The van der Waals surface area contributed by atoms with Gasteiger partial charge in [-0.15, -0.1) is 0 Å². The second-order valence-corrected chi connectivity index (χ2v) is 9.65. The highest BCUT2D eigenvalue weighted by Gasteiger charge is 2.29. The highest BCUT2D eigenvalue weighted by molar-refractivity contribution is 6.13. The van der Waals surface area contributed by atoms with Crippen LogP contribution in [0.4, 0.5) is 0 Å². The van der Waals surface area contributed by atoms with E-state index in [1.54, 1.807) is 6.21 Å². The van der Waals surface area contributed by atoms with Gasteiger partial charge in [-0.05, 0) is 55.2 Å². The molecule has 0 radical (unpaired) electrons. The van der Waals surface area contributed by atoms with Crippen molar-refractivity contribution >= 4 is 12.1 Å². The predicted octanol–water partition coefficient (Wildman–Crippen LogP) is 5.25. The van der Waals surface area contributed by atoms with E-state index in [9.17, 15) is 4.79 Å². The van der Waals surface area contributed by atoms with Crippen LogP contribution in [-0.4, -0.2) is 26.9 Å². The van der Waals surface area contributed by atoms with Crippen LogP contribution in [0, 0.1) is 5.41 Å². The minimum atomic E-state index is -0.169. The molecule has 0 N–H and O–H groups in total. The van der Waals surface area contributed by atoms with Crippen LogP contribution in [0.1, 0.15) is 66.2 Å². The van der Waals surface area contributed by atoms with E-state index in [0.717, 1.165) is 53.8 Å². The molecule has 3 heterocycles. The fourth-order valence-electron chi connectivity index (χ4n) is 5.48. The fraction of sp³-hybridized carbons (Fsp3) is 0.385. The Labute approximate surface area is 182 Å². The SMILES string of the molecule is CC1(Cn2cc(-c3cc4c(nc3-c3ccc5c(c3)C(=O)N=C5)CCC4)cn2)CCCC1. The lowest BCUT2D eigenvalue weighted by atomic mass is 9.89. The Kier molecular flexibility index (Phi) is 4.20. The molecule has 3 aliphatic rings. The topological polar surface area (TPSA) is 60.1 Å². The largest absolute Gasteiger partial charge is 0.277 e. The monoisotopic (exact) mass is 410 g/mol. The van der Waals surface area contributed by atoms with Crippen molar-refractivity contribution < 1.29 is 4.79 Å². The maximum Gasteiger partial charge on any atom is 0.277 e. The molecule has 0 unspecified atom stereocenters. The van der Waals surface area contributed by atoms with Gasteiger partial charge in [-0.3, -0.25) is 14.5 Å². The number of hydrogen-bond donors (Lipinski definition) is 0. The molecule has 0 bridgehead atoms. The van der Waals surface area contributed by atoms with Gasteiger partial charge in [0, 0.05) is 46.9 Å². The summed E-state index contributed by atoms with van der Waals surface area (Å²) < 4.78 is 2.11. The van der Waals surface area contributed by atoms with Crippen LogP contribution in [0.2, 0.25) is 0 Å². The maximum absolute atomic E-state index is 12.2. The van der Waals surface area contributed by atoms with E-state index in [1.165, 1.54) is 36.9 Å². The number of carbonyl (C=O) groups is 1. The van der Waals surface area contributed by atoms with Gasteiger partial charge in [0.2, 0.25) is 0 Å². The Bertz CT molecular complexity index is 1230. The van der Waals surface area contributed by atoms with Gasteiger partial charge in [0.05, 0.1) is 17.5 Å². The summed E-state index contributed by atoms with van der Waals surface area (Å²) >= 11 is 0. The van der Waals surface area contributed by atoms with E-state index >= 15 is 0 Å². The van der Waals surface area contributed by atoms with Gasteiger partial charge in [-0.2, -0.15) is 5.10 Å².